The van der Waals surface area contributed by atoms with Crippen LogP contribution in [0, 0.1) is 0 Å². The van der Waals surface area contributed by atoms with Gasteiger partial charge in [0.15, 0.2) is 0 Å². The van der Waals surface area contributed by atoms with Gasteiger partial charge in [-0.1, -0.05) is 39.5 Å². The first-order chi connectivity index (χ1) is 9.15. The predicted molar refractivity (Wildman–Crippen MR) is 77.7 cm³/mol. The van der Waals surface area contributed by atoms with Gasteiger partial charge < -0.3 is 16.0 Å². The fourth-order valence-corrected chi connectivity index (χ4v) is 1.82. The Hall–Kier alpha value is -1.10. The van der Waals surface area contributed by atoms with Crippen LogP contribution in [0.1, 0.15) is 52.4 Å². The van der Waals surface area contributed by atoms with Gasteiger partial charge in [0.25, 0.3) is 0 Å². The van der Waals surface area contributed by atoms with Crippen molar-refractivity contribution in [2.75, 3.05) is 26.2 Å². The largest absolute Gasteiger partial charge is 0.346 e. The molecule has 0 aromatic carbocycles. The SMILES string of the molecule is CCCCCN(CCCCC)C(=O)CNC(=O)CN. The van der Waals surface area contributed by atoms with E-state index in [9.17, 15) is 9.59 Å². The summed E-state index contributed by atoms with van der Waals surface area (Å²) in [6.45, 7) is 5.85. The summed E-state index contributed by atoms with van der Waals surface area (Å²) in [5.41, 5.74) is 5.19. The van der Waals surface area contributed by atoms with E-state index < -0.39 is 0 Å². The minimum atomic E-state index is -0.282. The highest BCUT2D eigenvalue weighted by Crippen LogP contribution is 2.03. The first kappa shape index (κ1) is 17.9. The second-order valence-electron chi connectivity index (χ2n) is 4.78. The molecule has 0 aromatic heterocycles. The van der Waals surface area contributed by atoms with Gasteiger partial charge in [-0.2, -0.15) is 0 Å². The molecule has 5 heteroatoms. The monoisotopic (exact) mass is 271 g/mol. The van der Waals surface area contributed by atoms with Gasteiger partial charge in [0.2, 0.25) is 11.8 Å². The first-order valence-corrected chi connectivity index (χ1v) is 7.40. The predicted octanol–water partition coefficient (Wildman–Crippen LogP) is 1.27. The van der Waals surface area contributed by atoms with E-state index in [0.29, 0.717) is 0 Å². The van der Waals surface area contributed by atoms with Crippen LogP contribution in [0.4, 0.5) is 0 Å². The van der Waals surface area contributed by atoms with Crippen LogP contribution in [0.5, 0.6) is 0 Å². The third-order valence-corrected chi connectivity index (χ3v) is 3.04. The van der Waals surface area contributed by atoms with Crippen LogP contribution in [-0.4, -0.2) is 42.9 Å². The summed E-state index contributed by atoms with van der Waals surface area (Å²) in [6, 6.07) is 0. The summed E-state index contributed by atoms with van der Waals surface area (Å²) < 4.78 is 0. The van der Waals surface area contributed by atoms with E-state index in [1.54, 1.807) is 0 Å². The van der Waals surface area contributed by atoms with Gasteiger partial charge in [0.1, 0.15) is 0 Å². The molecule has 0 atom stereocenters. The molecule has 0 aliphatic rings. The Labute approximate surface area is 116 Å². The lowest BCUT2D eigenvalue weighted by Gasteiger charge is -2.23. The maximum absolute atomic E-state index is 12.0. The average Bonchev–Trinajstić information content (AvgIpc) is 2.43. The number of unbranched alkanes of at least 4 members (excludes halogenated alkanes) is 4. The standard InChI is InChI=1S/C14H29N3O2/c1-3-5-7-9-17(10-8-6-4-2)14(19)12-16-13(18)11-15/h3-12,15H2,1-2H3,(H,16,18). The quantitative estimate of drug-likeness (QED) is 0.556. The molecule has 0 fully saturated rings. The molecule has 0 aromatic rings. The van der Waals surface area contributed by atoms with E-state index in [2.05, 4.69) is 19.2 Å². The lowest BCUT2D eigenvalue weighted by Crippen LogP contribution is -2.42. The molecular weight excluding hydrogens is 242 g/mol. The zero-order chi connectivity index (χ0) is 14.5. The highest BCUT2D eigenvalue weighted by atomic mass is 16.2. The van der Waals surface area contributed by atoms with Gasteiger partial charge >= 0.3 is 0 Å². The molecule has 0 spiro atoms. The van der Waals surface area contributed by atoms with Crippen LogP contribution >= 0.6 is 0 Å². The molecule has 0 saturated carbocycles. The Morgan fingerprint density at radius 2 is 1.53 bits per heavy atom. The smallest absolute Gasteiger partial charge is 0.241 e. The van der Waals surface area contributed by atoms with Gasteiger partial charge in [-0.3, -0.25) is 9.59 Å². The van der Waals surface area contributed by atoms with Gasteiger partial charge in [0.05, 0.1) is 13.1 Å². The number of nitrogens with two attached hydrogens (primary N) is 1. The highest BCUT2D eigenvalue weighted by molar-refractivity contribution is 5.85. The summed E-state index contributed by atoms with van der Waals surface area (Å²) in [5, 5.41) is 2.54. The summed E-state index contributed by atoms with van der Waals surface area (Å²) in [5.74, 6) is -0.288. The fourth-order valence-electron chi connectivity index (χ4n) is 1.82. The average molecular weight is 271 g/mol. The first-order valence-electron chi connectivity index (χ1n) is 7.40. The van der Waals surface area contributed by atoms with Crippen LogP contribution in [0.2, 0.25) is 0 Å². The van der Waals surface area contributed by atoms with Crippen LogP contribution in [0.25, 0.3) is 0 Å². The van der Waals surface area contributed by atoms with Gasteiger partial charge in [-0.05, 0) is 12.8 Å². The van der Waals surface area contributed by atoms with Crippen molar-refractivity contribution < 1.29 is 9.59 Å². The minimum absolute atomic E-state index is 0.00555. The van der Waals surface area contributed by atoms with E-state index in [0.717, 1.165) is 51.6 Å². The number of carbonyl (C=O) groups is 2. The van der Waals surface area contributed by atoms with Crippen LogP contribution in [0.15, 0.2) is 0 Å². The van der Waals surface area contributed by atoms with Crippen molar-refractivity contribution in [3.05, 3.63) is 0 Å². The Morgan fingerprint density at radius 3 is 1.95 bits per heavy atom. The molecule has 0 rings (SSSR count). The summed E-state index contributed by atoms with van der Waals surface area (Å²) >= 11 is 0. The molecule has 19 heavy (non-hydrogen) atoms. The number of hydrogen-bond acceptors (Lipinski definition) is 3. The Balaban J connectivity index is 4.11. The second-order valence-corrected chi connectivity index (χ2v) is 4.78. The second kappa shape index (κ2) is 12.0. The molecule has 0 unspecified atom stereocenters. The third kappa shape index (κ3) is 9.47. The minimum Gasteiger partial charge on any atom is -0.346 e. The van der Waals surface area contributed by atoms with Crippen molar-refractivity contribution in [1.82, 2.24) is 10.2 Å². The molecule has 2 amide bonds. The van der Waals surface area contributed by atoms with Crippen molar-refractivity contribution in [2.45, 2.75) is 52.4 Å². The maximum Gasteiger partial charge on any atom is 0.241 e. The molecule has 112 valence electrons. The summed E-state index contributed by atoms with van der Waals surface area (Å²) in [6.07, 6.45) is 6.60. The van der Waals surface area contributed by atoms with Gasteiger partial charge in [-0.25, -0.2) is 0 Å². The lowest BCUT2D eigenvalue weighted by molar-refractivity contribution is -0.132. The number of nitrogens with one attached hydrogen (secondary N) is 1. The fraction of sp³-hybridized carbons (Fsp3) is 0.857. The molecule has 0 bridgehead atoms. The Kier molecular flexibility index (Phi) is 11.3. The molecule has 5 nitrogen and oxygen atoms in total. The Bertz CT molecular complexity index is 247. The van der Waals surface area contributed by atoms with E-state index in [1.807, 2.05) is 4.90 Å². The molecule has 0 aliphatic carbocycles. The van der Waals surface area contributed by atoms with E-state index in [4.69, 9.17) is 5.73 Å². The van der Waals surface area contributed by atoms with Crippen LogP contribution < -0.4 is 11.1 Å². The van der Waals surface area contributed by atoms with Crippen molar-refractivity contribution in [2.24, 2.45) is 5.73 Å². The van der Waals surface area contributed by atoms with E-state index >= 15 is 0 Å². The molecule has 0 aliphatic heterocycles. The number of hydrogen-bond donors (Lipinski definition) is 2. The van der Waals surface area contributed by atoms with Gasteiger partial charge in [0, 0.05) is 13.1 Å². The number of amides is 2. The summed E-state index contributed by atoms with van der Waals surface area (Å²) in [7, 11) is 0. The molecule has 0 radical (unpaired) electrons. The number of rotatable bonds is 11. The number of nitrogens with zero attached hydrogens (tertiary/aromatic N) is 1. The zero-order valence-electron chi connectivity index (χ0n) is 12.4. The normalized spacial score (nSPS) is 10.3. The van der Waals surface area contributed by atoms with Crippen molar-refractivity contribution in [3.8, 4) is 0 Å². The van der Waals surface area contributed by atoms with Crippen molar-refractivity contribution in [3.63, 3.8) is 0 Å². The Morgan fingerprint density at radius 1 is 1.00 bits per heavy atom. The summed E-state index contributed by atoms with van der Waals surface area (Å²) in [4.78, 5) is 24.9. The molecule has 0 saturated heterocycles. The van der Waals surface area contributed by atoms with E-state index in [-0.39, 0.29) is 24.9 Å². The molecular formula is C14H29N3O2. The number of carbonyl (C=O) groups excluding carboxylic acids is 2. The van der Waals surface area contributed by atoms with Crippen molar-refractivity contribution in [1.29, 1.82) is 0 Å². The zero-order valence-corrected chi connectivity index (χ0v) is 12.4. The highest BCUT2D eigenvalue weighted by Gasteiger charge is 2.13. The molecule has 3 N–H and O–H groups in total. The molecule has 0 heterocycles. The third-order valence-electron chi connectivity index (χ3n) is 3.04. The van der Waals surface area contributed by atoms with E-state index in [1.165, 1.54) is 0 Å². The van der Waals surface area contributed by atoms with Crippen LogP contribution in [0.3, 0.4) is 0 Å². The van der Waals surface area contributed by atoms with Crippen LogP contribution in [-0.2, 0) is 9.59 Å². The lowest BCUT2D eigenvalue weighted by atomic mass is 10.2. The van der Waals surface area contributed by atoms with Crippen molar-refractivity contribution >= 4 is 11.8 Å². The maximum atomic E-state index is 12.0. The topological polar surface area (TPSA) is 75.4 Å². The van der Waals surface area contributed by atoms with Gasteiger partial charge in [-0.15, -0.1) is 0 Å².